The second-order valence-corrected chi connectivity index (χ2v) is 7.70. The van der Waals surface area contributed by atoms with Crippen LogP contribution in [0, 0.1) is 5.92 Å². The molecule has 0 fully saturated rings. The molecule has 3 aromatic carbocycles. The van der Waals surface area contributed by atoms with Gasteiger partial charge in [-0.05, 0) is 52.1 Å². The van der Waals surface area contributed by atoms with E-state index in [1.807, 2.05) is 0 Å². The van der Waals surface area contributed by atoms with Gasteiger partial charge >= 0.3 is 26.2 Å². The van der Waals surface area contributed by atoms with Gasteiger partial charge in [-0.15, -0.1) is 6.58 Å². The summed E-state index contributed by atoms with van der Waals surface area (Å²) in [6, 6.07) is 26.9. The van der Waals surface area contributed by atoms with Gasteiger partial charge in [0.25, 0.3) is 0 Å². The zero-order chi connectivity index (χ0) is 18.2. The smallest absolute Gasteiger partial charge is 1.00 e. The number of hydrogen-bond acceptors (Lipinski definition) is 0. The van der Waals surface area contributed by atoms with Crippen LogP contribution in [0.1, 0.15) is 46.9 Å². The predicted octanol–water partition coefficient (Wildman–Crippen LogP) is 1.20. The van der Waals surface area contributed by atoms with Crippen LogP contribution in [0.4, 0.5) is 0 Å². The Labute approximate surface area is 211 Å². The van der Waals surface area contributed by atoms with Crippen LogP contribution in [0.25, 0.3) is 17.2 Å². The maximum absolute atomic E-state index is 4.00. The minimum atomic E-state index is 0. The number of benzene rings is 3. The van der Waals surface area contributed by atoms with E-state index in [4.69, 9.17) is 0 Å². The van der Waals surface area contributed by atoms with E-state index in [0.29, 0.717) is 17.8 Å². The summed E-state index contributed by atoms with van der Waals surface area (Å²) in [5.41, 5.74) is 8.67. The van der Waals surface area contributed by atoms with Crippen LogP contribution in [-0.4, -0.2) is 0 Å². The molecule has 0 bridgehead atoms. The summed E-state index contributed by atoms with van der Waals surface area (Å²) in [7, 11) is 0. The molecule has 30 heavy (non-hydrogen) atoms. The van der Waals surface area contributed by atoms with Crippen molar-refractivity contribution < 1.29 is 51.0 Å². The Morgan fingerprint density at radius 1 is 0.767 bits per heavy atom. The minimum Gasteiger partial charge on any atom is -1.00 e. The number of rotatable bonds is 5. The van der Waals surface area contributed by atoms with Crippen LogP contribution in [0.5, 0.6) is 0 Å². The third-order valence-corrected chi connectivity index (χ3v) is 6.31. The van der Waals surface area contributed by atoms with Crippen molar-refractivity contribution in [2.75, 3.05) is 0 Å². The fourth-order valence-corrected chi connectivity index (χ4v) is 5.17. The van der Waals surface area contributed by atoms with Crippen LogP contribution in [0.3, 0.4) is 0 Å². The first-order valence-corrected chi connectivity index (χ1v) is 9.94. The van der Waals surface area contributed by atoms with E-state index in [2.05, 4.69) is 97.6 Å². The molecule has 0 amide bonds. The maximum atomic E-state index is 4.00. The number of fused-ring (bicyclic) bond motifs is 4. The SMILES string of the molecule is C=CCCC(C1C=Cc2ccccc21)C1c2ccccc2-c2ccccc21.[Cl-].[Cl-].[Zr+2]. The van der Waals surface area contributed by atoms with Crippen LogP contribution < -0.4 is 24.8 Å². The Kier molecular flexibility index (Phi) is 8.92. The summed E-state index contributed by atoms with van der Waals surface area (Å²) >= 11 is 0. The molecule has 0 radical (unpaired) electrons. The van der Waals surface area contributed by atoms with Gasteiger partial charge in [0.05, 0.1) is 0 Å². The zero-order valence-electron chi connectivity index (χ0n) is 16.8. The average Bonchev–Trinajstić information content (AvgIpc) is 3.29. The summed E-state index contributed by atoms with van der Waals surface area (Å²) in [5.74, 6) is 1.44. The summed E-state index contributed by atoms with van der Waals surface area (Å²) in [6.07, 6.45) is 9.03. The summed E-state index contributed by atoms with van der Waals surface area (Å²) in [5, 5.41) is 0. The van der Waals surface area contributed by atoms with Gasteiger partial charge in [0, 0.05) is 11.8 Å². The molecule has 0 N–H and O–H groups in total. The van der Waals surface area contributed by atoms with E-state index in [1.54, 1.807) is 0 Å². The monoisotopic (exact) mass is 508 g/mol. The number of allylic oxidation sites excluding steroid dienone is 2. The molecular weight excluding hydrogens is 486 g/mol. The van der Waals surface area contributed by atoms with Gasteiger partial charge in [-0.2, -0.15) is 0 Å². The third kappa shape index (κ3) is 4.18. The molecular formula is C27H24Cl2Zr. The summed E-state index contributed by atoms with van der Waals surface area (Å²) in [6.45, 7) is 4.00. The van der Waals surface area contributed by atoms with Crippen molar-refractivity contribution in [2.45, 2.75) is 24.7 Å². The second kappa shape index (κ2) is 10.8. The molecule has 2 atom stereocenters. The van der Waals surface area contributed by atoms with Gasteiger partial charge in [-0.25, -0.2) is 0 Å². The molecule has 0 saturated carbocycles. The largest absolute Gasteiger partial charge is 2.00 e. The molecule has 0 saturated heterocycles. The predicted molar refractivity (Wildman–Crippen MR) is 115 cm³/mol. The van der Waals surface area contributed by atoms with Crippen molar-refractivity contribution in [1.29, 1.82) is 0 Å². The molecule has 0 nitrogen and oxygen atoms in total. The Hall–Kier alpha value is -1.40. The minimum absolute atomic E-state index is 0. The standard InChI is InChI=1S/C27H24.2ClH.Zr/c1-2-3-11-24(23-18-17-19-10-4-5-12-20(19)23)27-25-15-8-6-13-21(25)22-14-7-9-16-26(22)27;;;/h2,4-10,12-18,23-24,27H,1,3,11H2;2*1H;/q;;;+2/p-2. The van der Waals surface area contributed by atoms with Crippen LogP contribution in [0.15, 0.2) is 91.5 Å². The molecule has 150 valence electrons. The Bertz CT molecular complexity index is 995. The van der Waals surface area contributed by atoms with Crippen LogP contribution in [-0.2, 0) is 26.2 Å². The van der Waals surface area contributed by atoms with Gasteiger partial charge in [0.15, 0.2) is 0 Å². The van der Waals surface area contributed by atoms with Gasteiger partial charge in [0.2, 0.25) is 0 Å². The second-order valence-electron chi connectivity index (χ2n) is 7.70. The van der Waals surface area contributed by atoms with Gasteiger partial charge in [-0.1, -0.05) is 91.0 Å². The quantitative estimate of drug-likeness (QED) is 0.453. The Balaban J connectivity index is 0.00000107. The van der Waals surface area contributed by atoms with Crippen molar-refractivity contribution in [1.82, 2.24) is 0 Å². The van der Waals surface area contributed by atoms with E-state index in [9.17, 15) is 0 Å². The molecule has 2 aliphatic rings. The number of halogens is 2. The first-order valence-electron chi connectivity index (χ1n) is 9.94. The number of hydrogen-bond donors (Lipinski definition) is 0. The van der Waals surface area contributed by atoms with E-state index in [-0.39, 0.29) is 51.0 Å². The average molecular weight is 511 g/mol. The third-order valence-electron chi connectivity index (χ3n) is 6.31. The topological polar surface area (TPSA) is 0 Å². The molecule has 3 heteroatoms. The van der Waals surface area contributed by atoms with Gasteiger partial charge in [-0.3, -0.25) is 0 Å². The van der Waals surface area contributed by atoms with Crippen molar-refractivity contribution in [2.24, 2.45) is 5.92 Å². The van der Waals surface area contributed by atoms with E-state index < -0.39 is 0 Å². The first kappa shape index (κ1) is 24.9. The Morgan fingerprint density at radius 2 is 1.30 bits per heavy atom. The van der Waals surface area contributed by atoms with Crippen molar-refractivity contribution in [3.05, 3.63) is 114 Å². The molecule has 0 spiro atoms. The van der Waals surface area contributed by atoms with E-state index >= 15 is 0 Å². The molecule has 5 rings (SSSR count). The summed E-state index contributed by atoms with van der Waals surface area (Å²) < 4.78 is 0. The first-order chi connectivity index (χ1) is 13.4. The van der Waals surface area contributed by atoms with Crippen molar-refractivity contribution in [3.63, 3.8) is 0 Å². The van der Waals surface area contributed by atoms with E-state index in [1.165, 1.54) is 33.4 Å². The molecule has 3 aromatic rings. The fourth-order valence-electron chi connectivity index (χ4n) is 5.17. The molecule has 2 aliphatic carbocycles. The maximum Gasteiger partial charge on any atom is 2.00 e. The van der Waals surface area contributed by atoms with Crippen LogP contribution in [0.2, 0.25) is 0 Å². The zero-order valence-corrected chi connectivity index (χ0v) is 20.7. The normalized spacial score (nSPS) is 16.2. The molecule has 0 heterocycles. The molecule has 0 aromatic heterocycles. The van der Waals surface area contributed by atoms with Gasteiger partial charge < -0.3 is 24.8 Å². The summed E-state index contributed by atoms with van der Waals surface area (Å²) in [4.78, 5) is 0. The van der Waals surface area contributed by atoms with Crippen LogP contribution >= 0.6 is 0 Å². The molecule has 0 aliphatic heterocycles. The van der Waals surface area contributed by atoms with Crippen molar-refractivity contribution >= 4 is 6.08 Å². The van der Waals surface area contributed by atoms with Crippen molar-refractivity contribution in [3.8, 4) is 11.1 Å². The van der Waals surface area contributed by atoms with E-state index in [0.717, 1.165) is 12.8 Å². The Morgan fingerprint density at radius 3 is 1.90 bits per heavy atom. The van der Waals surface area contributed by atoms with Gasteiger partial charge in [0.1, 0.15) is 0 Å². The fraction of sp³-hybridized carbons (Fsp3) is 0.185. The molecule has 2 unspecified atom stereocenters.